The Balaban J connectivity index is 1.71. The molecule has 1 saturated carbocycles. The number of amides is 2. The lowest BCUT2D eigenvalue weighted by atomic mass is 10.3. The minimum atomic E-state index is -0.346. The fraction of sp³-hybridized carbons (Fsp3) is 0.286. The van der Waals surface area contributed by atoms with Gasteiger partial charge in [0, 0.05) is 12.1 Å². The van der Waals surface area contributed by atoms with Gasteiger partial charge >= 0.3 is 0 Å². The van der Waals surface area contributed by atoms with Crippen molar-refractivity contribution in [2.75, 3.05) is 0 Å². The molecule has 1 aliphatic rings. The summed E-state index contributed by atoms with van der Waals surface area (Å²) in [6.07, 6.45) is 3.47. The molecule has 2 N–H and O–H groups in total. The number of rotatable bonds is 3. The highest BCUT2D eigenvalue weighted by molar-refractivity contribution is 7.17. The van der Waals surface area contributed by atoms with Crippen molar-refractivity contribution in [3.8, 4) is 10.7 Å². The van der Waals surface area contributed by atoms with Gasteiger partial charge in [-0.3, -0.25) is 25.4 Å². The van der Waals surface area contributed by atoms with Crippen molar-refractivity contribution in [1.82, 2.24) is 20.8 Å². The van der Waals surface area contributed by atoms with Crippen molar-refractivity contribution in [3.63, 3.8) is 0 Å². The predicted octanol–water partition coefficient (Wildman–Crippen LogP) is 1.68. The summed E-state index contributed by atoms with van der Waals surface area (Å²) in [4.78, 5) is 32.6. The second kappa shape index (κ2) is 5.61. The van der Waals surface area contributed by atoms with E-state index in [0.717, 1.165) is 18.5 Å². The summed E-state index contributed by atoms with van der Waals surface area (Å²) in [5.41, 5.74) is 6.23. The molecule has 3 rings (SSSR count). The highest BCUT2D eigenvalue weighted by Crippen LogP contribution is 2.28. The number of aromatic nitrogens is 2. The number of aryl methyl sites for hydroxylation is 1. The number of pyridine rings is 1. The van der Waals surface area contributed by atoms with Crippen molar-refractivity contribution in [3.05, 3.63) is 35.0 Å². The van der Waals surface area contributed by atoms with Crippen LogP contribution in [0, 0.1) is 12.8 Å². The standard InChI is InChI=1S/C14H14N4O2S/c1-8-11(13(20)18-17-12(19)9-5-6-9)21-14(16-8)10-4-2-3-7-15-10/h2-4,7,9H,5-6H2,1H3,(H,17,19)(H,18,20). The SMILES string of the molecule is Cc1nc(-c2ccccn2)sc1C(=O)NNC(=O)C1CC1. The van der Waals surface area contributed by atoms with Gasteiger partial charge in [-0.2, -0.15) is 0 Å². The van der Waals surface area contributed by atoms with E-state index in [1.165, 1.54) is 11.3 Å². The summed E-state index contributed by atoms with van der Waals surface area (Å²) in [5.74, 6) is -0.423. The van der Waals surface area contributed by atoms with Gasteiger partial charge < -0.3 is 0 Å². The van der Waals surface area contributed by atoms with Crippen LogP contribution in [0.15, 0.2) is 24.4 Å². The first-order valence-electron chi connectivity index (χ1n) is 6.64. The van der Waals surface area contributed by atoms with Gasteiger partial charge in [-0.25, -0.2) is 4.98 Å². The molecule has 6 nitrogen and oxygen atoms in total. The first kappa shape index (κ1) is 13.7. The molecule has 7 heteroatoms. The molecule has 1 fully saturated rings. The Labute approximate surface area is 125 Å². The van der Waals surface area contributed by atoms with Crippen LogP contribution in [-0.4, -0.2) is 21.8 Å². The first-order valence-corrected chi connectivity index (χ1v) is 7.46. The normalized spacial score (nSPS) is 13.8. The Morgan fingerprint density at radius 2 is 2.10 bits per heavy atom. The molecular weight excluding hydrogens is 288 g/mol. The molecule has 0 radical (unpaired) electrons. The van der Waals surface area contributed by atoms with Crippen LogP contribution < -0.4 is 10.9 Å². The topological polar surface area (TPSA) is 84.0 Å². The van der Waals surface area contributed by atoms with Crippen LogP contribution in [0.3, 0.4) is 0 Å². The second-order valence-electron chi connectivity index (χ2n) is 4.87. The summed E-state index contributed by atoms with van der Waals surface area (Å²) in [5, 5.41) is 0.687. The minimum absolute atomic E-state index is 0.0527. The molecule has 0 saturated heterocycles. The number of hydrogen-bond acceptors (Lipinski definition) is 5. The van der Waals surface area contributed by atoms with E-state index in [4.69, 9.17) is 0 Å². The third-order valence-electron chi connectivity index (χ3n) is 3.13. The first-order chi connectivity index (χ1) is 10.1. The number of nitrogens with one attached hydrogen (secondary N) is 2. The molecule has 21 heavy (non-hydrogen) atoms. The van der Waals surface area contributed by atoms with E-state index < -0.39 is 0 Å². The molecule has 0 bridgehead atoms. The third kappa shape index (κ3) is 3.08. The van der Waals surface area contributed by atoms with E-state index in [0.29, 0.717) is 15.6 Å². The van der Waals surface area contributed by atoms with Crippen LogP contribution in [0.1, 0.15) is 28.2 Å². The van der Waals surface area contributed by atoms with E-state index >= 15 is 0 Å². The smallest absolute Gasteiger partial charge is 0.273 e. The van der Waals surface area contributed by atoms with Crippen molar-refractivity contribution < 1.29 is 9.59 Å². The Morgan fingerprint density at radius 1 is 1.29 bits per heavy atom. The number of hydrogen-bond donors (Lipinski definition) is 2. The summed E-state index contributed by atoms with van der Waals surface area (Å²) in [6, 6.07) is 5.54. The van der Waals surface area contributed by atoms with Gasteiger partial charge in [-0.15, -0.1) is 11.3 Å². The lowest BCUT2D eigenvalue weighted by Crippen LogP contribution is -2.42. The van der Waals surface area contributed by atoms with E-state index in [1.807, 2.05) is 18.2 Å². The maximum absolute atomic E-state index is 12.1. The second-order valence-corrected chi connectivity index (χ2v) is 5.87. The molecule has 2 aromatic heterocycles. The Hall–Kier alpha value is -2.28. The van der Waals surface area contributed by atoms with Crippen molar-refractivity contribution in [1.29, 1.82) is 0 Å². The number of hydrazine groups is 1. The van der Waals surface area contributed by atoms with Gasteiger partial charge in [0.1, 0.15) is 9.88 Å². The average Bonchev–Trinajstić information content (AvgIpc) is 3.28. The van der Waals surface area contributed by atoms with Crippen LogP contribution in [0.4, 0.5) is 0 Å². The minimum Gasteiger partial charge on any atom is -0.273 e. The van der Waals surface area contributed by atoms with Crippen LogP contribution in [0.5, 0.6) is 0 Å². The molecule has 2 aromatic rings. The van der Waals surface area contributed by atoms with Crippen molar-refractivity contribution >= 4 is 23.2 Å². The zero-order valence-corrected chi connectivity index (χ0v) is 12.2. The summed E-state index contributed by atoms with van der Waals surface area (Å²) in [6.45, 7) is 1.76. The molecule has 1 aliphatic carbocycles. The van der Waals surface area contributed by atoms with Gasteiger partial charge in [0.05, 0.1) is 11.4 Å². The molecule has 0 atom stereocenters. The van der Waals surface area contributed by atoms with Gasteiger partial charge in [0.15, 0.2) is 0 Å². The lowest BCUT2D eigenvalue weighted by Gasteiger charge is -2.05. The van der Waals surface area contributed by atoms with Gasteiger partial charge in [-0.1, -0.05) is 6.07 Å². The maximum Gasteiger partial charge on any atom is 0.281 e. The number of nitrogens with zero attached hydrogens (tertiary/aromatic N) is 2. The molecule has 2 amide bonds. The maximum atomic E-state index is 12.1. The summed E-state index contributed by atoms with van der Waals surface area (Å²) < 4.78 is 0. The number of thiazole rings is 1. The molecule has 0 spiro atoms. The Kier molecular flexibility index (Phi) is 3.66. The summed E-state index contributed by atoms with van der Waals surface area (Å²) in [7, 11) is 0. The largest absolute Gasteiger partial charge is 0.281 e. The van der Waals surface area contributed by atoms with E-state index in [9.17, 15) is 9.59 Å². The van der Waals surface area contributed by atoms with E-state index in [2.05, 4.69) is 20.8 Å². The Bertz CT molecular complexity index is 680. The zero-order valence-electron chi connectivity index (χ0n) is 11.4. The van der Waals surface area contributed by atoms with Crippen molar-refractivity contribution in [2.45, 2.75) is 19.8 Å². The molecular formula is C14H14N4O2S. The number of carbonyl (C=O) groups excluding carboxylic acids is 2. The zero-order chi connectivity index (χ0) is 14.8. The molecule has 0 aromatic carbocycles. The average molecular weight is 302 g/mol. The summed E-state index contributed by atoms with van der Waals surface area (Å²) >= 11 is 1.26. The molecule has 108 valence electrons. The Morgan fingerprint density at radius 3 is 2.76 bits per heavy atom. The highest BCUT2D eigenvalue weighted by atomic mass is 32.1. The third-order valence-corrected chi connectivity index (χ3v) is 4.31. The highest BCUT2D eigenvalue weighted by Gasteiger charge is 2.30. The van der Waals surface area contributed by atoms with Gasteiger partial charge in [0.25, 0.3) is 5.91 Å². The van der Waals surface area contributed by atoms with Crippen LogP contribution >= 0.6 is 11.3 Å². The molecule has 0 unspecified atom stereocenters. The van der Waals surface area contributed by atoms with Gasteiger partial charge in [-0.05, 0) is 31.9 Å². The van der Waals surface area contributed by atoms with E-state index in [-0.39, 0.29) is 17.7 Å². The quantitative estimate of drug-likeness (QED) is 0.845. The van der Waals surface area contributed by atoms with Crippen LogP contribution in [0.25, 0.3) is 10.7 Å². The van der Waals surface area contributed by atoms with E-state index in [1.54, 1.807) is 13.1 Å². The monoisotopic (exact) mass is 302 g/mol. The van der Waals surface area contributed by atoms with Crippen LogP contribution in [-0.2, 0) is 4.79 Å². The fourth-order valence-corrected chi connectivity index (χ4v) is 2.77. The van der Waals surface area contributed by atoms with Gasteiger partial charge in [0.2, 0.25) is 5.91 Å². The number of carbonyl (C=O) groups is 2. The molecule has 0 aliphatic heterocycles. The molecule has 2 heterocycles. The van der Waals surface area contributed by atoms with Crippen molar-refractivity contribution in [2.24, 2.45) is 5.92 Å². The fourth-order valence-electron chi connectivity index (χ4n) is 1.83. The predicted molar refractivity (Wildman–Crippen MR) is 78.4 cm³/mol. The van der Waals surface area contributed by atoms with Crippen LogP contribution in [0.2, 0.25) is 0 Å². The lowest BCUT2D eigenvalue weighted by molar-refractivity contribution is -0.123.